The maximum atomic E-state index is 12.0. The second-order valence-electron chi connectivity index (χ2n) is 4.67. The molecule has 0 aliphatic rings. The number of H-pyrrole nitrogens is 1. The summed E-state index contributed by atoms with van der Waals surface area (Å²) in [5.41, 5.74) is 2.77. The minimum Gasteiger partial charge on any atom is -0.449 e. The van der Waals surface area contributed by atoms with Crippen LogP contribution in [0.4, 0.5) is 0 Å². The number of carbonyl (C=O) groups excluding carboxylic acids is 1. The molecule has 102 valence electrons. The van der Waals surface area contributed by atoms with Gasteiger partial charge in [-0.1, -0.05) is 18.2 Å². The van der Waals surface area contributed by atoms with Crippen LogP contribution in [0, 0.1) is 6.92 Å². The van der Waals surface area contributed by atoms with Gasteiger partial charge in [0.15, 0.2) is 5.89 Å². The Bertz CT molecular complexity index is 742. The monoisotopic (exact) mass is 269 g/mol. The first-order valence-corrected chi connectivity index (χ1v) is 6.45. The van der Waals surface area contributed by atoms with Crippen molar-refractivity contribution in [2.75, 3.05) is 0 Å². The molecule has 2 aromatic heterocycles. The van der Waals surface area contributed by atoms with Crippen LogP contribution >= 0.6 is 0 Å². The molecule has 0 saturated heterocycles. The quantitative estimate of drug-likeness (QED) is 0.763. The van der Waals surface area contributed by atoms with Gasteiger partial charge in [-0.2, -0.15) is 0 Å². The van der Waals surface area contributed by atoms with Gasteiger partial charge in [-0.25, -0.2) is 4.98 Å². The Morgan fingerprint density at radius 1 is 1.40 bits per heavy atom. The third-order valence-corrected chi connectivity index (χ3v) is 3.16. The topological polar surface area (TPSA) is 70.9 Å². The summed E-state index contributed by atoms with van der Waals surface area (Å²) < 4.78 is 5.09. The van der Waals surface area contributed by atoms with Crippen LogP contribution in [0.2, 0.25) is 0 Å². The van der Waals surface area contributed by atoms with Crippen LogP contribution in [0.25, 0.3) is 10.9 Å². The number of aryl methyl sites for hydroxylation is 1. The molecule has 2 heterocycles. The minimum atomic E-state index is -0.0320. The zero-order valence-electron chi connectivity index (χ0n) is 11.1. The standard InChI is InChI=1S/C15H15N3O2/c1-10-18-12(9-20-10)8-17-15(19)6-11-7-16-14-5-3-2-4-13(11)14/h2-5,7,9,16H,6,8H2,1H3,(H,17,19). The third kappa shape index (κ3) is 2.56. The van der Waals surface area contributed by atoms with Crippen molar-refractivity contribution in [3.8, 4) is 0 Å². The van der Waals surface area contributed by atoms with Crippen LogP contribution < -0.4 is 5.32 Å². The number of rotatable bonds is 4. The van der Waals surface area contributed by atoms with E-state index < -0.39 is 0 Å². The number of para-hydroxylation sites is 1. The van der Waals surface area contributed by atoms with Gasteiger partial charge in [0.2, 0.25) is 5.91 Å². The summed E-state index contributed by atoms with van der Waals surface area (Å²) in [5.74, 6) is 0.571. The van der Waals surface area contributed by atoms with Gasteiger partial charge in [0.1, 0.15) is 6.26 Å². The van der Waals surface area contributed by atoms with Crippen LogP contribution in [0.1, 0.15) is 17.1 Å². The number of carbonyl (C=O) groups is 1. The maximum absolute atomic E-state index is 12.0. The van der Waals surface area contributed by atoms with Gasteiger partial charge in [-0.05, 0) is 11.6 Å². The zero-order valence-corrected chi connectivity index (χ0v) is 11.1. The Balaban J connectivity index is 1.64. The fourth-order valence-corrected chi connectivity index (χ4v) is 2.19. The fourth-order valence-electron chi connectivity index (χ4n) is 2.19. The Labute approximate surface area is 116 Å². The highest BCUT2D eigenvalue weighted by atomic mass is 16.3. The smallest absolute Gasteiger partial charge is 0.224 e. The number of aromatic nitrogens is 2. The number of fused-ring (bicyclic) bond motifs is 1. The largest absolute Gasteiger partial charge is 0.449 e. The van der Waals surface area contributed by atoms with E-state index in [9.17, 15) is 4.79 Å². The summed E-state index contributed by atoms with van der Waals surface area (Å²) in [5, 5.41) is 3.92. The van der Waals surface area contributed by atoms with Crippen molar-refractivity contribution in [3.05, 3.63) is 53.9 Å². The van der Waals surface area contributed by atoms with E-state index in [0.29, 0.717) is 18.9 Å². The van der Waals surface area contributed by atoms with E-state index >= 15 is 0 Å². The molecule has 0 aliphatic heterocycles. The van der Waals surface area contributed by atoms with Crippen LogP contribution in [-0.2, 0) is 17.8 Å². The van der Waals surface area contributed by atoms with Crippen molar-refractivity contribution in [2.24, 2.45) is 0 Å². The Kier molecular flexibility index (Phi) is 3.25. The molecule has 3 rings (SSSR count). The molecule has 2 N–H and O–H groups in total. The normalized spacial score (nSPS) is 10.8. The van der Waals surface area contributed by atoms with Gasteiger partial charge in [0, 0.05) is 24.0 Å². The zero-order chi connectivity index (χ0) is 13.9. The lowest BCUT2D eigenvalue weighted by atomic mass is 10.1. The first-order valence-electron chi connectivity index (χ1n) is 6.45. The maximum Gasteiger partial charge on any atom is 0.224 e. The predicted molar refractivity (Wildman–Crippen MR) is 75.1 cm³/mol. The van der Waals surface area contributed by atoms with Crippen molar-refractivity contribution in [1.82, 2.24) is 15.3 Å². The molecular weight excluding hydrogens is 254 g/mol. The fraction of sp³-hybridized carbons (Fsp3) is 0.200. The van der Waals surface area contributed by atoms with Gasteiger partial charge in [-0.3, -0.25) is 4.79 Å². The molecule has 0 saturated carbocycles. The molecule has 0 bridgehead atoms. The lowest BCUT2D eigenvalue weighted by Crippen LogP contribution is -2.24. The molecule has 5 heteroatoms. The van der Waals surface area contributed by atoms with Crippen molar-refractivity contribution in [2.45, 2.75) is 19.9 Å². The summed E-state index contributed by atoms with van der Waals surface area (Å²) in [7, 11) is 0. The van der Waals surface area contributed by atoms with Crippen LogP contribution in [0.5, 0.6) is 0 Å². The van der Waals surface area contributed by atoms with Crippen LogP contribution in [0.15, 0.2) is 41.1 Å². The first-order chi connectivity index (χ1) is 9.72. The highest BCUT2D eigenvalue weighted by Gasteiger charge is 2.09. The molecule has 5 nitrogen and oxygen atoms in total. The summed E-state index contributed by atoms with van der Waals surface area (Å²) in [4.78, 5) is 19.3. The van der Waals surface area contributed by atoms with Crippen molar-refractivity contribution in [3.63, 3.8) is 0 Å². The Morgan fingerprint density at radius 2 is 2.25 bits per heavy atom. The molecule has 20 heavy (non-hydrogen) atoms. The number of hydrogen-bond donors (Lipinski definition) is 2. The molecule has 0 unspecified atom stereocenters. The van der Waals surface area contributed by atoms with Crippen LogP contribution in [0.3, 0.4) is 0 Å². The third-order valence-electron chi connectivity index (χ3n) is 3.16. The van der Waals surface area contributed by atoms with Gasteiger partial charge in [0.25, 0.3) is 0 Å². The summed E-state index contributed by atoms with van der Waals surface area (Å²) in [6, 6.07) is 7.94. The van der Waals surface area contributed by atoms with Gasteiger partial charge in [-0.15, -0.1) is 0 Å². The second-order valence-corrected chi connectivity index (χ2v) is 4.67. The highest BCUT2D eigenvalue weighted by molar-refractivity contribution is 5.88. The highest BCUT2D eigenvalue weighted by Crippen LogP contribution is 2.17. The lowest BCUT2D eigenvalue weighted by molar-refractivity contribution is -0.120. The summed E-state index contributed by atoms with van der Waals surface area (Å²) >= 11 is 0. The number of amides is 1. The number of nitrogens with one attached hydrogen (secondary N) is 2. The summed E-state index contributed by atoms with van der Waals surface area (Å²) in [6.45, 7) is 2.16. The first kappa shape index (κ1) is 12.5. The number of hydrogen-bond acceptors (Lipinski definition) is 3. The molecule has 0 fully saturated rings. The Morgan fingerprint density at radius 3 is 3.05 bits per heavy atom. The van der Waals surface area contributed by atoms with E-state index in [1.165, 1.54) is 0 Å². The molecule has 1 aromatic carbocycles. The van der Waals surface area contributed by atoms with Crippen LogP contribution in [-0.4, -0.2) is 15.9 Å². The van der Waals surface area contributed by atoms with Crippen molar-refractivity contribution >= 4 is 16.8 Å². The SMILES string of the molecule is Cc1nc(CNC(=O)Cc2c[nH]c3ccccc23)co1. The number of benzene rings is 1. The average Bonchev–Trinajstić information content (AvgIpc) is 3.04. The van der Waals surface area contributed by atoms with E-state index in [4.69, 9.17) is 4.42 Å². The van der Waals surface area contributed by atoms with E-state index in [2.05, 4.69) is 15.3 Å². The van der Waals surface area contributed by atoms with Crippen molar-refractivity contribution < 1.29 is 9.21 Å². The molecule has 0 radical (unpaired) electrons. The van der Waals surface area contributed by atoms with Gasteiger partial charge >= 0.3 is 0 Å². The molecule has 1 amide bonds. The van der Waals surface area contributed by atoms with Gasteiger partial charge < -0.3 is 14.7 Å². The lowest BCUT2D eigenvalue weighted by Gasteiger charge is -2.02. The molecule has 0 atom stereocenters. The van der Waals surface area contributed by atoms with Gasteiger partial charge in [0.05, 0.1) is 18.7 Å². The van der Waals surface area contributed by atoms with E-state index in [0.717, 1.165) is 22.2 Å². The number of aromatic amines is 1. The molecular formula is C15H15N3O2. The van der Waals surface area contributed by atoms with E-state index in [-0.39, 0.29) is 5.91 Å². The van der Waals surface area contributed by atoms with E-state index in [1.807, 2.05) is 30.5 Å². The summed E-state index contributed by atoms with van der Waals surface area (Å²) in [6.07, 6.45) is 3.78. The number of nitrogens with zero attached hydrogens (tertiary/aromatic N) is 1. The average molecular weight is 269 g/mol. The predicted octanol–water partition coefficient (Wildman–Crippen LogP) is 2.32. The second kappa shape index (κ2) is 5.21. The molecule has 0 aliphatic carbocycles. The Hall–Kier alpha value is -2.56. The number of oxazole rings is 1. The molecule has 0 spiro atoms. The van der Waals surface area contributed by atoms with Crippen molar-refractivity contribution in [1.29, 1.82) is 0 Å². The van der Waals surface area contributed by atoms with E-state index in [1.54, 1.807) is 13.2 Å². The molecule has 3 aromatic rings. The minimum absolute atomic E-state index is 0.0320.